The highest BCUT2D eigenvalue weighted by Crippen LogP contribution is 2.01. The van der Waals surface area contributed by atoms with Crippen molar-refractivity contribution in [3.8, 4) is 0 Å². The van der Waals surface area contributed by atoms with Crippen molar-refractivity contribution in [1.82, 2.24) is 14.7 Å². The van der Waals surface area contributed by atoms with Gasteiger partial charge in [-0.3, -0.25) is 19.4 Å². The number of hydrogen-bond donors (Lipinski definition) is 2. The van der Waals surface area contributed by atoms with Gasteiger partial charge in [0.2, 0.25) is 0 Å². The van der Waals surface area contributed by atoms with Gasteiger partial charge in [-0.1, -0.05) is 5.11 Å². The van der Waals surface area contributed by atoms with Crippen LogP contribution in [-0.4, -0.2) is 102 Å². The first-order chi connectivity index (χ1) is 10.5. The van der Waals surface area contributed by atoms with Crippen molar-refractivity contribution >= 4 is 11.9 Å². The lowest BCUT2D eigenvalue weighted by molar-refractivity contribution is -0.140. The summed E-state index contributed by atoms with van der Waals surface area (Å²) in [6.07, 6.45) is 0. The van der Waals surface area contributed by atoms with Crippen molar-refractivity contribution in [3.63, 3.8) is 0 Å². The molecule has 22 heavy (non-hydrogen) atoms. The van der Waals surface area contributed by atoms with E-state index in [0.717, 1.165) is 0 Å². The fourth-order valence-electron chi connectivity index (χ4n) is 2.34. The summed E-state index contributed by atoms with van der Waals surface area (Å²) < 4.78 is 0. The Morgan fingerprint density at radius 1 is 0.909 bits per heavy atom. The van der Waals surface area contributed by atoms with Gasteiger partial charge < -0.3 is 15.1 Å². The lowest BCUT2D eigenvalue weighted by atomic mass is 10.4. The molecule has 1 fully saturated rings. The molecule has 0 atom stereocenters. The topological polar surface area (TPSA) is 133 Å². The predicted octanol–water partition coefficient (Wildman–Crippen LogP) is -0.614. The summed E-state index contributed by atoms with van der Waals surface area (Å²) in [6, 6.07) is 0. The molecule has 1 aliphatic rings. The molecular weight excluding hydrogens is 292 g/mol. The zero-order chi connectivity index (χ0) is 16.4. The average Bonchev–Trinajstić information content (AvgIpc) is 2.52. The van der Waals surface area contributed by atoms with Gasteiger partial charge in [0.25, 0.3) is 0 Å². The van der Waals surface area contributed by atoms with E-state index in [-0.39, 0.29) is 13.1 Å². The summed E-state index contributed by atoms with van der Waals surface area (Å²) in [4.78, 5) is 30.1. The molecule has 0 spiro atoms. The molecular formula is C12H22N6O4. The maximum atomic E-state index is 10.9. The number of azide groups is 1. The minimum Gasteiger partial charge on any atom is -0.480 e. The van der Waals surface area contributed by atoms with Gasteiger partial charge in [-0.25, -0.2) is 0 Å². The van der Waals surface area contributed by atoms with Crippen molar-refractivity contribution in [2.45, 2.75) is 0 Å². The predicted molar refractivity (Wildman–Crippen MR) is 78.6 cm³/mol. The Hall–Kier alpha value is -1.87. The quantitative estimate of drug-likeness (QED) is 0.363. The molecule has 0 aliphatic carbocycles. The van der Waals surface area contributed by atoms with Crippen molar-refractivity contribution in [2.75, 3.05) is 65.4 Å². The number of hydrogen-bond acceptors (Lipinski definition) is 6. The molecule has 1 aliphatic heterocycles. The Morgan fingerprint density at radius 2 is 1.32 bits per heavy atom. The minimum absolute atomic E-state index is 0.0644. The highest BCUT2D eigenvalue weighted by atomic mass is 16.4. The third-order valence-corrected chi connectivity index (χ3v) is 3.49. The molecule has 0 aromatic heterocycles. The molecule has 10 heteroatoms. The maximum Gasteiger partial charge on any atom is 0.317 e. The Labute approximate surface area is 128 Å². The Kier molecular flexibility index (Phi) is 8.23. The van der Waals surface area contributed by atoms with Crippen LogP contribution in [0.25, 0.3) is 10.4 Å². The van der Waals surface area contributed by atoms with Crippen LogP contribution in [-0.2, 0) is 9.59 Å². The van der Waals surface area contributed by atoms with Gasteiger partial charge in [0.05, 0.1) is 13.1 Å². The smallest absolute Gasteiger partial charge is 0.317 e. The number of carboxylic acid groups (broad SMARTS) is 2. The minimum atomic E-state index is -0.898. The summed E-state index contributed by atoms with van der Waals surface area (Å²) in [5.41, 5.74) is 8.32. The van der Waals surface area contributed by atoms with Gasteiger partial charge >= 0.3 is 11.9 Å². The molecule has 10 nitrogen and oxygen atoms in total. The van der Waals surface area contributed by atoms with Crippen LogP contribution in [0.5, 0.6) is 0 Å². The second kappa shape index (κ2) is 9.96. The largest absolute Gasteiger partial charge is 0.480 e. The molecule has 0 amide bonds. The van der Waals surface area contributed by atoms with Crippen LogP contribution < -0.4 is 0 Å². The van der Waals surface area contributed by atoms with Crippen molar-refractivity contribution in [2.24, 2.45) is 5.11 Å². The van der Waals surface area contributed by atoms with Crippen LogP contribution in [0, 0.1) is 0 Å². The fourth-order valence-corrected chi connectivity index (χ4v) is 2.34. The third-order valence-electron chi connectivity index (χ3n) is 3.49. The maximum absolute atomic E-state index is 10.9. The van der Waals surface area contributed by atoms with Gasteiger partial charge in [-0.15, -0.1) is 0 Å². The first kappa shape index (κ1) is 18.2. The van der Waals surface area contributed by atoms with Crippen LogP contribution in [0.3, 0.4) is 0 Å². The average molecular weight is 314 g/mol. The molecule has 0 unspecified atom stereocenters. The fraction of sp³-hybridized carbons (Fsp3) is 0.833. The summed E-state index contributed by atoms with van der Waals surface area (Å²) in [5, 5.41) is 21.4. The van der Waals surface area contributed by atoms with E-state index in [9.17, 15) is 9.59 Å². The summed E-state index contributed by atoms with van der Waals surface area (Å²) in [7, 11) is 0. The molecule has 2 N–H and O–H groups in total. The molecule has 0 aromatic carbocycles. The van der Waals surface area contributed by atoms with Crippen LogP contribution >= 0.6 is 0 Å². The highest BCUT2D eigenvalue weighted by Gasteiger charge is 2.18. The van der Waals surface area contributed by atoms with Gasteiger partial charge in [0.15, 0.2) is 0 Å². The van der Waals surface area contributed by atoms with Crippen LogP contribution in [0.4, 0.5) is 0 Å². The van der Waals surface area contributed by atoms with E-state index < -0.39 is 11.9 Å². The zero-order valence-corrected chi connectivity index (χ0v) is 12.5. The van der Waals surface area contributed by atoms with Gasteiger partial charge in [0.1, 0.15) is 0 Å². The van der Waals surface area contributed by atoms with Crippen molar-refractivity contribution in [3.05, 3.63) is 10.4 Å². The van der Waals surface area contributed by atoms with Gasteiger partial charge in [-0.05, 0) is 5.53 Å². The normalized spacial score (nSPS) is 18.7. The SMILES string of the molecule is [N-]=[N+]=NCCN1CCN(CC(=O)O)CCN(CC(=O)O)CC1. The second-order valence-corrected chi connectivity index (χ2v) is 5.14. The first-order valence-electron chi connectivity index (χ1n) is 7.12. The van der Waals surface area contributed by atoms with E-state index in [4.69, 9.17) is 15.7 Å². The lowest BCUT2D eigenvalue weighted by Crippen LogP contribution is -2.40. The number of rotatable bonds is 7. The number of carboxylic acids is 2. The molecule has 124 valence electrons. The Bertz CT molecular complexity index is 398. The molecule has 1 saturated heterocycles. The number of nitrogens with zero attached hydrogens (tertiary/aromatic N) is 6. The van der Waals surface area contributed by atoms with E-state index in [2.05, 4.69) is 14.9 Å². The van der Waals surface area contributed by atoms with Crippen LogP contribution in [0.15, 0.2) is 5.11 Å². The molecule has 1 heterocycles. The van der Waals surface area contributed by atoms with Crippen LogP contribution in [0.1, 0.15) is 0 Å². The van der Waals surface area contributed by atoms with E-state index in [1.807, 2.05) is 0 Å². The van der Waals surface area contributed by atoms with E-state index in [1.165, 1.54) is 0 Å². The summed E-state index contributed by atoms with van der Waals surface area (Å²) in [5.74, 6) is -1.80. The molecule has 0 aromatic rings. The van der Waals surface area contributed by atoms with E-state index in [0.29, 0.717) is 52.4 Å². The molecule has 0 bridgehead atoms. The molecule has 0 radical (unpaired) electrons. The van der Waals surface area contributed by atoms with Gasteiger partial charge in [0, 0.05) is 57.3 Å². The Morgan fingerprint density at radius 3 is 1.68 bits per heavy atom. The zero-order valence-electron chi connectivity index (χ0n) is 12.5. The number of aliphatic carboxylic acids is 2. The summed E-state index contributed by atoms with van der Waals surface area (Å²) >= 11 is 0. The number of carbonyl (C=O) groups is 2. The van der Waals surface area contributed by atoms with Gasteiger partial charge in [-0.2, -0.15) is 0 Å². The Balaban J connectivity index is 2.65. The standard InChI is InChI=1S/C12H22N6O4/c13-15-14-1-2-16-3-5-17(9-11(19)20)7-8-18(6-4-16)10-12(21)22/h1-10H2,(H,19,20)(H,21,22). The molecule has 1 rings (SSSR count). The van der Waals surface area contributed by atoms with E-state index >= 15 is 0 Å². The molecule has 0 saturated carbocycles. The van der Waals surface area contributed by atoms with Crippen molar-refractivity contribution in [1.29, 1.82) is 0 Å². The summed E-state index contributed by atoms with van der Waals surface area (Å²) in [6.45, 7) is 4.32. The van der Waals surface area contributed by atoms with Crippen LogP contribution in [0.2, 0.25) is 0 Å². The van der Waals surface area contributed by atoms with E-state index in [1.54, 1.807) is 9.80 Å². The lowest BCUT2D eigenvalue weighted by Gasteiger charge is -2.24. The third kappa shape index (κ3) is 7.79. The highest BCUT2D eigenvalue weighted by molar-refractivity contribution is 5.69. The second-order valence-electron chi connectivity index (χ2n) is 5.14. The van der Waals surface area contributed by atoms with Crippen molar-refractivity contribution < 1.29 is 19.8 Å². The first-order valence-corrected chi connectivity index (χ1v) is 7.12. The monoisotopic (exact) mass is 314 g/mol.